The maximum Gasteiger partial charge on any atom is 0.266 e. The molecule has 3 rings (SSSR count). The first kappa shape index (κ1) is 16.3. The van der Waals surface area contributed by atoms with Gasteiger partial charge in [0.1, 0.15) is 0 Å². The Balaban J connectivity index is 2.40. The zero-order chi connectivity index (χ0) is 17.3. The number of aromatic nitrogens is 2. The highest BCUT2D eigenvalue weighted by molar-refractivity contribution is 8.00. The predicted molar refractivity (Wildman–Crippen MR) is 97.7 cm³/mol. The quantitative estimate of drug-likeness (QED) is 0.536. The van der Waals surface area contributed by atoms with E-state index in [1.807, 2.05) is 50.2 Å². The molecule has 0 fully saturated rings. The van der Waals surface area contributed by atoms with E-state index in [9.17, 15) is 4.79 Å². The minimum absolute atomic E-state index is 0.106. The van der Waals surface area contributed by atoms with Crippen molar-refractivity contribution in [2.24, 2.45) is 0 Å². The Morgan fingerprint density at radius 3 is 2.46 bits per heavy atom. The average molecular weight is 335 g/mol. The third-order valence-electron chi connectivity index (χ3n) is 3.87. The highest BCUT2D eigenvalue weighted by Gasteiger charge is 2.18. The molecule has 3 aromatic rings. The molecule has 5 heteroatoms. The first-order valence-electron chi connectivity index (χ1n) is 7.67. The first-order valence-corrected chi connectivity index (χ1v) is 8.55. The van der Waals surface area contributed by atoms with Crippen molar-refractivity contribution in [3.05, 3.63) is 63.9 Å². The highest BCUT2D eigenvalue weighted by Crippen LogP contribution is 2.27. The van der Waals surface area contributed by atoms with Gasteiger partial charge in [-0.25, -0.2) is 4.98 Å². The fraction of sp³-hybridized carbons (Fsp3) is 0.211. The summed E-state index contributed by atoms with van der Waals surface area (Å²) in [6.07, 6.45) is 0. The van der Waals surface area contributed by atoms with Gasteiger partial charge in [-0.05, 0) is 44.0 Å². The summed E-state index contributed by atoms with van der Waals surface area (Å²) >= 11 is 1.30. The number of rotatable bonds is 3. The molecule has 0 amide bonds. The molecule has 4 nitrogen and oxygen atoms in total. The number of fused-ring (bicyclic) bond motifs is 1. The maximum absolute atomic E-state index is 13.2. The van der Waals surface area contributed by atoms with Crippen molar-refractivity contribution in [3.8, 4) is 11.8 Å². The standard InChI is InChI=1S/C19H17N3OS/c1-12-7-6-8-13(2)17(12)22-18(23)15-9-4-5-10-16(15)21-19(22)24-14(3)11-20/h4-10,14H,1-3H3. The van der Waals surface area contributed by atoms with Gasteiger partial charge in [0.05, 0.1) is 27.9 Å². The molecule has 0 N–H and O–H groups in total. The first-order chi connectivity index (χ1) is 11.5. The van der Waals surface area contributed by atoms with Gasteiger partial charge in [0.25, 0.3) is 5.56 Å². The second-order valence-electron chi connectivity index (χ2n) is 5.68. The third kappa shape index (κ3) is 2.81. The Kier molecular flexibility index (Phi) is 4.41. The molecule has 120 valence electrons. The molecule has 0 aliphatic rings. The molecule has 1 unspecified atom stereocenters. The van der Waals surface area contributed by atoms with Gasteiger partial charge < -0.3 is 0 Å². The van der Waals surface area contributed by atoms with Crippen molar-refractivity contribution >= 4 is 22.7 Å². The molecule has 0 spiro atoms. The van der Waals surface area contributed by atoms with E-state index in [-0.39, 0.29) is 10.8 Å². The summed E-state index contributed by atoms with van der Waals surface area (Å²) in [5, 5.41) is 9.99. The highest BCUT2D eigenvalue weighted by atomic mass is 32.2. The molecule has 0 aliphatic heterocycles. The fourth-order valence-electron chi connectivity index (χ4n) is 2.73. The lowest BCUT2D eigenvalue weighted by Gasteiger charge is -2.17. The van der Waals surface area contributed by atoms with Crippen molar-refractivity contribution in [2.75, 3.05) is 0 Å². The van der Waals surface area contributed by atoms with E-state index in [1.165, 1.54) is 11.8 Å². The van der Waals surface area contributed by atoms with Crippen molar-refractivity contribution in [1.29, 1.82) is 5.26 Å². The number of nitrogens with zero attached hydrogens (tertiary/aromatic N) is 3. The summed E-state index contributed by atoms with van der Waals surface area (Å²) in [6.45, 7) is 5.76. The molecule has 1 heterocycles. The molecule has 2 aromatic carbocycles. The van der Waals surface area contributed by atoms with Gasteiger partial charge in [-0.2, -0.15) is 5.26 Å². The van der Waals surface area contributed by atoms with Crippen molar-refractivity contribution in [3.63, 3.8) is 0 Å². The van der Waals surface area contributed by atoms with E-state index < -0.39 is 0 Å². The zero-order valence-electron chi connectivity index (χ0n) is 13.8. The van der Waals surface area contributed by atoms with E-state index in [0.717, 1.165) is 16.8 Å². The molecule has 1 atom stereocenters. The van der Waals surface area contributed by atoms with Gasteiger partial charge in [-0.3, -0.25) is 9.36 Å². The third-order valence-corrected chi connectivity index (χ3v) is 4.82. The number of nitriles is 1. The number of para-hydroxylation sites is 2. The average Bonchev–Trinajstić information content (AvgIpc) is 2.57. The number of hydrogen-bond donors (Lipinski definition) is 0. The van der Waals surface area contributed by atoms with Gasteiger partial charge in [0.2, 0.25) is 0 Å². The monoisotopic (exact) mass is 335 g/mol. The van der Waals surface area contributed by atoms with Gasteiger partial charge in [0, 0.05) is 0 Å². The van der Waals surface area contributed by atoms with Crippen LogP contribution in [0.25, 0.3) is 16.6 Å². The van der Waals surface area contributed by atoms with E-state index in [2.05, 4.69) is 11.1 Å². The van der Waals surface area contributed by atoms with Crippen LogP contribution in [-0.4, -0.2) is 14.8 Å². The molecule has 0 saturated heterocycles. The van der Waals surface area contributed by atoms with Gasteiger partial charge >= 0.3 is 0 Å². The molecule has 0 radical (unpaired) electrons. The number of aryl methyl sites for hydroxylation is 2. The van der Waals surface area contributed by atoms with Crippen LogP contribution in [0.4, 0.5) is 0 Å². The van der Waals surface area contributed by atoms with Gasteiger partial charge in [-0.1, -0.05) is 42.1 Å². The van der Waals surface area contributed by atoms with E-state index in [1.54, 1.807) is 17.6 Å². The molecular formula is C19H17N3OS. The second-order valence-corrected chi connectivity index (χ2v) is 6.99. The smallest absolute Gasteiger partial charge is 0.266 e. The maximum atomic E-state index is 13.2. The molecule has 0 aliphatic carbocycles. The minimum atomic E-state index is -0.298. The van der Waals surface area contributed by atoms with Crippen LogP contribution in [0.3, 0.4) is 0 Å². The summed E-state index contributed by atoms with van der Waals surface area (Å²) in [4.78, 5) is 17.8. The topological polar surface area (TPSA) is 58.7 Å². The second kappa shape index (κ2) is 6.50. The van der Waals surface area contributed by atoms with E-state index in [0.29, 0.717) is 16.1 Å². The SMILES string of the molecule is Cc1cccc(C)c1-n1c(SC(C)C#N)nc2ccccc2c1=O. The summed E-state index contributed by atoms with van der Waals surface area (Å²) < 4.78 is 1.64. The van der Waals surface area contributed by atoms with Crippen LogP contribution in [-0.2, 0) is 0 Å². The Bertz CT molecular complexity index is 997. The molecule has 1 aromatic heterocycles. The number of hydrogen-bond acceptors (Lipinski definition) is 4. The Morgan fingerprint density at radius 1 is 1.12 bits per heavy atom. The molecule has 0 bridgehead atoms. The number of benzene rings is 2. The molecule has 0 saturated carbocycles. The van der Waals surface area contributed by atoms with Crippen molar-refractivity contribution in [1.82, 2.24) is 9.55 Å². The minimum Gasteiger partial charge on any atom is -0.268 e. The van der Waals surface area contributed by atoms with Gasteiger partial charge in [0.15, 0.2) is 5.16 Å². The number of thioether (sulfide) groups is 1. The summed E-state index contributed by atoms with van der Waals surface area (Å²) in [6, 6.07) is 15.4. The zero-order valence-corrected chi connectivity index (χ0v) is 14.6. The van der Waals surface area contributed by atoms with Crippen LogP contribution in [0.15, 0.2) is 52.4 Å². The Morgan fingerprint density at radius 2 is 1.79 bits per heavy atom. The van der Waals surface area contributed by atoms with Crippen LogP contribution in [0.1, 0.15) is 18.1 Å². The Labute approximate surface area is 144 Å². The van der Waals surface area contributed by atoms with E-state index >= 15 is 0 Å². The van der Waals surface area contributed by atoms with Crippen molar-refractivity contribution < 1.29 is 0 Å². The molecular weight excluding hydrogens is 318 g/mol. The van der Waals surface area contributed by atoms with Crippen LogP contribution in [0.5, 0.6) is 0 Å². The van der Waals surface area contributed by atoms with Crippen LogP contribution < -0.4 is 5.56 Å². The van der Waals surface area contributed by atoms with Crippen LogP contribution >= 0.6 is 11.8 Å². The predicted octanol–water partition coefficient (Wildman–Crippen LogP) is 4.01. The van der Waals surface area contributed by atoms with Crippen LogP contribution in [0, 0.1) is 25.2 Å². The largest absolute Gasteiger partial charge is 0.268 e. The summed E-state index contributed by atoms with van der Waals surface area (Å²) in [5.41, 5.74) is 3.39. The Hall–Kier alpha value is -2.58. The fourth-order valence-corrected chi connectivity index (χ4v) is 3.53. The normalized spacial score (nSPS) is 12.1. The summed E-state index contributed by atoms with van der Waals surface area (Å²) in [7, 11) is 0. The lowest BCUT2D eigenvalue weighted by atomic mass is 10.1. The van der Waals surface area contributed by atoms with E-state index in [4.69, 9.17) is 5.26 Å². The lowest BCUT2D eigenvalue weighted by Crippen LogP contribution is -2.23. The summed E-state index contributed by atoms with van der Waals surface area (Å²) in [5.74, 6) is 0. The van der Waals surface area contributed by atoms with Gasteiger partial charge in [-0.15, -0.1) is 0 Å². The lowest BCUT2D eigenvalue weighted by molar-refractivity contribution is 0.807. The van der Waals surface area contributed by atoms with Crippen molar-refractivity contribution in [2.45, 2.75) is 31.2 Å². The molecule has 24 heavy (non-hydrogen) atoms. The van der Waals surface area contributed by atoms with Crippen LogP contribution in [0.2, 0.25) is 0 Å².